The first kappa shape index (κ1) is 16.2. The van der Waals surface area contributed by atoms with Crippen molar-refractivity contribution in [3.63, 3.8) is 0 Å². The summed E-state index contributed by atoms with van der Waals surface area (Å²) >= 11 is 12.6. The lowest BCUT2D eigenvalue weighted by Crippen LogP contribution is -2.35. The van der Waals surface area contributed by atoms with Crippen LogP contribution in [0.15, 0.2) is 24.3 Å². The maximum atomic E-state index is 5.81. The highest BCUT2D eigenvalue weighted by Gasteiger charge is 2.44. The van der Waals surface area contributed by atoms with Crippen LogP contribution in [0.4, 0.5) is 5.69 Å². The molecule has 1 aromatic heterocycles. The van der Waals surface area contributed by atoms with Crippen molar-refractivity contribution in [3.05, 3.63) is 40.3 Å². The molecule has 1 aliphatic carbocycles. The fraction of sp³-hybridized carbons (Fsp3) is 0.368. The summed E-state index contributed by atoms with van der Waals surface area (Å²) in [7, 11) is 0. The second-order valence-electron chi connectivity index (χ2n) is 6.84. The van der Waals surface area contributed by atoms with Crippen molar-refractivity contribution in [1.82, 2.24) is 0 Å². The molecule has 1 aliphatic heterocycles. The molecule has 24 heavy (non-hydrogen) atoms. The Bertz CT molecular complexity index is 844. The Kier molecular flexibility index (Phi) is 3.98. The summed E-state index contributed by atoms with van der Waals surface area (Å²) in [6, 6.07) is 8.79. The van der Waals surface area contributed by atoms with E-state index in [2.05, 4.69) is 36.5 Å². The molecule has 2 aromatic rings. The van der Waals surface area contributed by atoms with Crippen molar-refractivity contribution in [1.29, 1.82) is 0 Å². The summed E-state index contributed by atoms with van der Waals surface area (Å²) in [6.07, 6.45) is 6.17. The normalized spacial score (nSPS) is 18.5. The van der Waals surface area contributed by atoms with Gasteiger partial charge < -0.3 is 11.1 Å². The van der Waals surface area contributed by atoms with Gasteiger partial charge in [0.1, 0.15) is 4.99 Å². The molecule has 4 rings (SSSR count). The molecule has 2 heterocycles. The highest BCUT2D eigenvalue weighted by Crippen LogP contribution is 2.49. The third-order valence-corrected chi connectivity index (χ3v) is 7.51. The van der Waals surface area contributed by atoms with Crippen LogP contribution in [-0.2, 0) is 5.41 Å². The van der Waals surface area contributed by atoms with Crippen LogP contribution in [0.1, 0.15) is 48.1 Å². The lowest BCUT2D eigenvalue weighted by atomic mass is 9.70. The maximum absolute atomic E-state index is 5.81. The van der Waals surface area contributed by atoms with Crippen LogP contribution in [0.3, 0.4) is 0 Å². The Morgan fingerprint density at radius 1 is 1.21 bits per heavy atom. The summed E-state index contributed by atoms with van der Waals surface area (Å²) in [5, 5.41) is 3.47. The molecule has 1 saturated carbocycles. The SMILES string of the molecule is Cc1cc(C(N)=S)sc1-c1ccc2c(c1)C1(CCCCC1)C(=S)N2. The fourth-order valence-electron chi connectivity index (χ4n) is 4.10. The third kappa shape index (κ3) is 2.41. The van der Waals surface area contributed by atoms with Crippen LogP contribution >= 0.6 is 35.8 Å². The molecule has 0 amide bonds. The van der Waals surface area contributed by atoms with E-state index in [1.54, 1.807) is 11.3 Å². The van der Waals surface area contributed by atoms with E-state index in [0.717, 1.165) is 22.7 Å². The van der Waals surface area contributed by atoms with Crippen LogP contribution in [0, 0.1) is 6.92 Å². The molecule has 0 radical (unpaired) electrons. The second-order valence-corrected chi connectivity index (χ2v) is 8.74. The zero-order valence-corrected chi connectivity index (χ0v) is 16.1. The number of anilines is 1. The van der Waals surface area contributed by atoms with Gasteiger partial charge >= 0.3 is 0 Å². The first-order valence-corrected chi connectivity index (χ1v) is 10.0. The first-order chi connectivity index (χ1) is 11.5. The van der Waals surface area contributed by atoms with Gasteiger partial charge in [0.05, 0.1) is 9.87 Å². The van der Waals surface area contributed by atoms with E-state index < -0.39 is 0 Å². The number of rotatable bonds is 2. The molecule has 1 spiro atoms. The number of thiophene rings is 1. The number of benzene rings is 1. The molecular weight excluding hydrogens is 352 g/mol. The standard InChI is InChI=1S/C19H20N2S3/c1-11-9-15(17(20)22)24-16(11)12-5-6-14-13(10-12)19(18(23)21-14)7-3-2-4-8-19/h5-6,9-10H,2-4,7-8H2,1H3,(H2,20,22)(H,21,23). The zero-order chi connectivity index (χ0) is 16.9. The number of fused-ring (bicyclic) bond motifs is 2. The van der Waals surface area contributed by atoms with Crippen LogP contribution < -0.4 is 11.1 Å². The molecule has 2 nitrogen and oxygen atoms in total. The van der Waals surface area contributed by atoms with Crippen molar-refractivity contribution < 1.29 is 0 Å². The molecule has 1 aromatic carbocycles. The molecule has 1 fully saturated rings. The van der Waals surface area contributed by atoms with Crippen molar-refractivity contribution >= 4 is 51.4 Å². The molecule has 0 saturated heterocycles. The number of nitrogens with one attached hydrogen (secondary N) is 1. The van der Waals surface area contributed by atoms with E-state index in [0.29, 0.717) is 4.99 Å². The summed E-state index contributed by atoms with van der Waals surface area (Å²) in [5.41, 5.74) is 10.9. The number of hydrogen-bond acceptors (Lipinski definition) is 3. The van der Waals surface area contributed by atoms with Crippen LogP contribution in [0.25, 0.3) is 10.4 Å². The van der Waals surface area contributed by atoms with E-state index >= 15 is 0 Å². The Morgan fingerprint density at radius 2 is 1.96 bits per heavy atom. The molecule has 0 bridgehead atoms. The lowest BCUT2D eigenvalue weighted by Gasteiger charge is -2.33. The smallest absolute Gasteiger partial charge is 0.114 e. The molecule has 0 unspecified atom stereocenters. The molecule has 2 aliphatic rings. The molecule has 5 heteroatoms. The summed E-state index contributed by atoms with van der Waals surface area (Å²) in [5.74, 6) is 0. The number of hydrogen-bond donors (Lipinski definition) is 2. The number of aryl methyl sites for hydroxylation is 1. The minimum absolute atomic E-state index is 0.0517. The van der Waals surface area contributed by atoms with Crippen molar-refractivity contribution in [3.8, 4) is 10.4 Å². The Hall–Kier alpha value is -1.30. The van der Waals surface area contributed by atoms with Gasteiger partial charge in [-0.2, -0.15) is 0 Å². The molecule has 3 N–H and O–H groups in total. The van der Waals surface area contributed by atoms with E-state index in [-0.39, 0.29) is 5.41 Å². The van der Waals surface area contributed by atoms with Gasteiger partial charge in [0.25, 0.3) is 0 Å². The van der Waals surface area contributed by atoms with Crippen molar-refractivity contribution in [2.45, 2.75) is 44.4 Å². The highest BCUT2D eigenvalue weighted by molar-refractivity contribution is 7.81. The van der Waals surface area contributed by atoms with Crippen LogP contribution in [0.2, 0.25) is 0 Å². The largest absolute Gasteiger partial charge is 0.389 e. The van der Waals surface area contributed by atoms with Gasteiger partial charge in [-0.1, -0.05) is 49.8 Å². The van der Waals surface area contributed by atoms with Crippen molar-refractivity contribution in [2.75, 3.05) is 5.32 Å². The fourth-order valence-corrected chi connectivity index (χ4v) is 5.73. The van der Waals surface area contributed by atoms with Crippen molar-refractivity contribution in [2.24, 2.45) is 5.73 Å². The Balaban J connectivity index is 1.82. The third-order valence-electron chi connectivity index (χ3n) is 5.35. The molecular formula is C19H20N2S3. The minimum atomic E-state index is 0.0517. The average molecular weight is 373 g/mol. The highest BCUT2D eigenvalue weighted by atomic mass is 32.1. The quantitative estimate of drug-likeness (QED) is 0.700. The van der Waals surface area contributed by atoms with Gasteiger partial charge in [0, 0.05) is 16.0 Å². The predicted octanol–water partition coefficient (Wildman–Crippen LogP) is 5.31. The number of thiocarbonyl (C=S) groups is 2. The minimum Gasteiger partial charge on any atom is -0.389 e. The van der Waals surface area contributed by atoms with Gasteiger partial charge in [-0.15, -0.1) is 11.3 Å². The maximum Gasteiger partial charge on any atom is 0.114 e. The molecule has 0 atom stereocenters. The van der Waals surface area contributed by atoms with Crippen LogP contribution in [0.5, 0.6) is 0 Å². The first-order valence-electron chi connectivity index (χ1n) is 8.38. The van der Waals surface area contributed by atoms with Gasteiger partial charge in [-0.25, -0.2) is 0 Å². The van der Waals surface area contributed by atoms with E-state index in [1.165, 1.54) is 46.5 Å². The monoisotopic (exact) mass is 372 g/mol. The zero-order valence-electron chi connectivity index (χ0n) is 13.6. The molecule has 124 valence electrons. The lowest BCUT2D eigenvalue weighted by molar-refractivity contribution is 0.389. The predicted molar refractivity (Wildman–Crippen MR) is 111 cm³/mol. The van der Waals surface area contributed by atoms with Gasteiger partial charge in [-0.05, 0) is 54.7 Å². The van der Waals surface area contributed by atoms with E-state index in [9.17, 15) is 0 Å². The van der Waals surface area contributed by atoms with E-state index in [4.69, 9.17) is 30.2 Å². The second kappa shape index (κ2) is 5.90. The summed E-state index contributed by atoms with van der Waals surface area (Å²) < 4.78 is 0. The average Bonchev–Trinajstić information content (AvgIpc) is 3.08. The Labute approximate surface area is 157 Å². The van der Waals surface area contributed by atoms with E-state index in [1.807, 2.05) is 0 Å². The summed E-state index contributed by atoms with van der Waals surface area (Å²) in [6.45, 7) is 2.13. The van der Waals surface area contributed by atoms with Gasteiger partial charge in [-0.3, -0.25) is 0 Å². The van der Waals surface area contributed by atoms with Gasteiger partial charge in [0.2, 0.25) is 0 Å². The summed E-state index contributed by atoms with van der Waals surface area (Å²) in [4.78, 5) is 3.73. The topological polar surface area (TPSA) is 38.0 Å². The van der Waals surface area contributed by atoms with Gasteiger partial charge in [0.15, 0.2) is 0 Å². The number of nitrogens with two attached hydrogens (primary N) is 1. The van der Waals surface area contributed by atoms with Crippen LogP contribution in [-0.4, -0.2) is 9.98 Å². The Morgan fingerprint density at radius 3 is 2.62 bits per heavy atom.